The maximum atomic E-state index is 12.3. The summed E-state index contributed by atoms with van der Waals surface area (Å²) in [6.45, 7) is 1.90. The van der Waals surface area contributed by atoms with E-state index in [1.165, 1.54) is 0 Å². The summed E-state index contributed by atoms with van der Waals surface area (Å²) < 4.78 is 35.9. The zero-order chi connectivity index (χ0) is 10.6. The number of rotatable bonds is 4. The van der Waals surface area contributed by atoms with Crippen LogP contribution in [0.3, 0.4) is 0 Å². The highest BCUT2D eigenvalue weighted by molar-refractivity contribution is 7.92. The summed E-state index contributed by atoms with van der Waals surface area (Å²) in [6.07, 6.45) is 0. The Kier molecular flexibility index (Phi) is 3.46. The van der Waals surface area contributed by atoms with E-state index < -0.39 is 16.0 Å². The smallest absolute Gasteiger partial charge is 0.264 e. The third-order valence-corrected chi connectivity index (χ3v) is 3.22. The molecule has 0 aliphatic carbocycles. The number of benzene rings is 1. The molecule has 0 aromatic heterocycles. The molecule has 1 rings (SSSR count). The van der Waals surface area contributed by atoms with Crippen LogP contribution in [-0.2, 0) is 10.0 Å². The van der Waals surface area contributed by atoms with Crippen LogP contribution in [0.2, 0.25) is 0 Å². The van der Waals surface area contributed by atoms with Crippen molar-refractivity contribution in [3.63, 3.8) is 0 Å². The van der Waals surface area contributed by atoms with Crippen molar-refractivity contribution in [1.29, 1.82) is 0 Å². The van der Waals surface area contributed by atoms with Gasteiger partial charge >= 0.3 is 0 Å². The van der Waals surface area contributed by atoms with Gasteiger partial charge in [0, 0.05) is 6.54 Å². The first kappa shape index (κ1) is 11.0. The maximum absolute atomic E-state index is 12.3. The molecule has 0 N–H and O–H groups in total. The minimum Gasteiger partial charge on any atom is -0.268 e. The Labute approximate surface area is 83.2 Å². The number of para-hydroxylation sites is 1. The van der Waals surface area contributed by atoms with Crippen molar-refractivity contribution in [1.82, 2.24) is 0 Å². The molecular weight excluding hydrogens is 205 g/mol. The van der Waals surface area contributed by atoms with E-state index in [1.807, 2.05) is 0 Å². The average Bonchev–Trinajstić information content (AvgIpc) is 2.20. The van der Waals surface area contributed by atoms with Gasteiger partial charge in [0.25, 0.3) is 10.0 Å². The fourth-order valence-electron chi connectivity index (χ4n) is 1.19. The highest BCUT2D eigenvalue weighted by Crippen LogP contribution is 2.17. The van der Waals surface area contributed by atoms with Crippen molar-refractivity contribution >= 4 is 15.7 Å². The fraction of sp³-hybridized carbons (Fsp3) is 0.333. The minimum atomic E-state index is -3.80. The lowest BCUT2D eigenvalue weighted by Gasteiger charge is -2.20. The van der Waals surface area contributed by atoms with E-state index in [0.29, 0.717) is 5.69 Å². The number of halogens is 1. The third kappa shape index (κ3) is 2.23. The lowest BCUT2D eigenvalue weighted by atomic mass is 10.3. The zero-order valence-corrected chi connectivity index (χ0v) is 8.67. The molecule has 0 atom stereocenters. The first-order valence-electron chi connectivity index (χ1n) is 4.23. The number of hydrogen-bond donors (Lipinski definition) is 0. The van der Waals surface area contributed by atoms with Crippen LogP contribution >= 0.6 is 0 Å². The van der Waals surface area contributed by atoms with Gasteiger partial charge in [-0.2, -0.15) is 0 Å². The molecule has 0 bridgehead atoms. The topological polar surface area (TPSA) is 37.4 Å². The third-order valence-electron chi connectivity index (χ3n) is 1.81. The van der Waals surface area contributed by atoms with E-state index in [2.05, 4.69) is 0 Å². The van der Waals surface area contributed by atoms with E-state index in [-0.39, 0.29) is 6.54 Å². The van der Waals surface area contributed by atoms with Gasteiger partial charge in [-0.15, -0.1) is 0 Å². The van der Waals surface area contributed by atoms with Gasteiger partial charge in [-0.25, -0.2) is 12.8 Å². The Morgan fingerprint density at radius 3 is 2.29 bits per heavy atom. The van der Waals surface area contributed by atoms with Crippen LogP contribution in [0.25, 0.3) is 0 Å². The van der Waals surface area contributed by atoms with E-state index in [4.69, 9.17) is 0 Å². The first-order chi connectivity index (χ1) is 6.61. The van der Waals surface area contributed by atoms with Crippen molar-refractivity contribution in [2.45, 2.75) is 6.92 Å². The molecule has 0 aliphatic rings. The molecule has 0 spiro atoms. The molecule has 0 heterocycles. The molecule has 1 aromatic rings. The van der Waals surface area contributed by atoms with Gasteiger partial charge in [-0.05, 0) is 19.1 Å². The van der Waals surface area contributed by atoms with Crippen molar-refractivity contribution in [2.24, 2.45) is 0 Å². The van der Waals surface area contributed by atoms with Gasteiger partial charge in [0.15, 0.2) is 0 Å². The molecule has 3 nitrogen and oxygen atoms in total. The van der Waals surface area contributed by atoms with Crippen molar-refractivity contribution < 1.29 is 12.8 Å². The monoisotopic (exact) mass is 217 g/mol. The highest BCUT2D eigenvalue weighted by Gasteiger charge is 2.19. The highest BCUT2D eigenvalue weighted by atomic mass is 32.2. The molecule has 0 saturated carbocycles. The van der Waals surface area contributed by atoms with Crippen LogP contribution in [-0.4, -0.2) is 21.0 Å². The summed E-state index contributed by atoms with van der Waals surface area (Å²) in [4.78, 5) is 0. The van der Waals surface area contributed by atoms with Gasteiger partial charge in [0.2, 0.25) is 6.01 Å². The second-order valence-electron chi connectivity index (χ2n) is 2.72. The Morgan fingerprint density at radius 2 is 1.86 bits per heavy atom. The molecule has 0 radical (unpaired) electrons. The Balaban J connectivity index is 3.06. The molecule has 1 aromatic carbocycles. The van der Waals surface area contributed by atoms with Crippen molar-refractivity contribution in [3.05, 3.63) is 30.3 Å². The quantitative estimate of drug-likeness (QED) is 0.770. The van der Waals surface area contributed by atoms with E-state index >= 15 is 0 Å². The molecule has 14 heavy (non-hydrogen) atoms. The number of anilines is 1. The summed E-state index contributed by atoms with van der Waals surface area (Å²) in [5.41, 5.74) is 0.493. The molecule has 0 fully saturated rings. The molecule has 78 valence electrons. The second kappa shape index (κ2) is 4.41. The predicted octanol–water partition coefficient (Wildman–Crippen LogP) is 1.77. The number of nitrogens with zero attached hydrogens (tertiary/aromatic N) is 1. The summed E-state index contributed by atoms with van der Waals surface area (Å²) >= 11 is 0. The SMILES string of the molecule is CCN(c1ccccc1)S(=O)(=O)CF. The number of alkyl halides is 1. The van der Waals surface area contributed by atoms with Gasteiger partial charge in [0.1, 0.15) is 0 Å². The largest absolute Gasteiger partial charge is 0.268 e. The average molecular weight is 217 g/mol. The van der Waals surface area contributed by atoms with E-state index in [1.54, 1.807) is 37.3 Å². The van der Waals surface area contributed by atoms with Crippen LogP contribution in [0.15, 0.2) is 30.3 Å². The summed E-state index contributed by atoms with van der Waals surface area (Å²) in [5.74, 6) is 0. The fourth-order valence-corrected chi connectivity index (χ4v) is 2.15. The summed E-state index contributed by atoms with van der Waals surface area (Å²) in [5, 5.41) is 0. The van der Waals surface area contributed by atoms with Crippen LogP contribution < -0.4 is 4.31 Å². The van der Waals surface area contributed by atoms with Crippen LogP contribution in [0.4, 0.5) is 10.1 Å². The zero-order valence-electron chi connectivity index (χ0n) is 7.85. The normalized spacial score (nSPS) is 11.3. The van der Waals surface area contributed by atoms with Gasteiger partial charge in [-0.1, -0.05) is 18.2 Å². The van der Waals surface area contributed by atoms with Crippen molar-refractivity contribution in [2.75, 3.05) is 16.9 Å². The van der Waals surface area contributed by atoms with Gasteiger partial charge in [-0.3, -0.25) is 4.31 Å². The standard InChI is InChI=1S/C9H12FNO2S/c1-2-11(14(12,13)8-10)9-6-4-3-5-7-9/h3-7H,2,8H2,1H3. The Hall–Kier alpha value is -1.10. The molecular formula is C9H12FNO2S. The molecule has 0 aliphatic heterocycles. The van der Waals surface area contributed by atoms with E-state index in [0.717, 1.165) is 4.31 Å². The van der Waals surface area contributed by atoms with Crippen LogP contribution in [0.1, 0.15) is 6.92 Å². The maximum Gasteiger partial charge on any atom is 0.264 e. The molecule has 0 unspecified atom stereocenters. The summed E-state index contributed by atoms with van der Waals surface area (Å²) in [6, 6.07) is 7.11. The molecule has 0 amide bonds. The lowest BCUT2D eigenvalue weighted by molar-refractivity contribution is 0.531. The van der Waals surface area contributed by atoms with Crippen LogP contribution in [0.5, 0.6) is 0 Å². The van der Waals surface area contributed by atoms with Gasteiger partial charge < -0.3 is 0 Å². The van der Waals surface area contributed by atoms with Crippen molar-refractivity contribution in [3.8, 4) is 0 Å². The lowest BCUT2D eigenvalue weighted by Crippen LogP contribution is -2.31. The van der Waals surface area contributed by atoms with Gasteiger partial charge in [0.05, 0.1) is 5.69 Å². The second-order valence-corrected chi connectivity index (χ2v) is 4.54. The molecule has 5 heteroatoms. The van der Waals surface area contributed by atoms with E-state index in [9.17, 15) is 12.8 Å². The Morgan fingerprint density at radius 1 is 1.29 bits per heavy atom. The Bertz CT molecular complexity index is 377. The van der Waals surface area contributed by atoms with Crippen LogP contribution in [0, 0.1) is 0 Å². The summed E-state index contributed by atoms with van der Waals surface area (Å²) in [7, 11) is -3.80. The number of hydrogen-bond acceptors (Lipinski definition) is 2. The molecule has 0 saturated heterocycles. The predicted molar refractivity (Wildman–Crippen MR) is 54.4 cm³/mol. The minimum absolute atomic E-state index is 0.232. The first-order valence-corrected chi connectivity index (χ1v) is 5.84. The number of sulfonamides is 1.